The van der Waals surface area contributed by atoms with E-state index in [1.807, 2.05) is 12.1 Å². The van der Waals surface area contributed by atoms with Gasteiger partial charge in [0.05, 0.1) is 44.4 Å². The third-order valence-corrected chi connectivity index (χ3v) is 6.36. The van der Waals surface area contributed by atoms with Crippen molar-refractivity contribution in [3.8, 4) is 11.5 Å². The van der Waals surface area contributed by atoms with Crippen LogP contribution in [0.15, 0.2) is 51.7 Å². The van der Waals surface area contributed by atoms with Crippen molar-refractivity contribution < 1.29 is 23.4 Å². The minimum absolute atomic E-state index is 0.0931. The number of para-hydroxylation sites is 2. The van der Waals surface area contributed by atoms with Crippen molar-refractivity contribution in [3.63, 3.8) is 0 Å². The number of ether oxygens (including phenoxy) is 3. The van der Waals surface area contributed by atoms with Gasteiger partial charge >= 0.3 is 0 Å². The van der Waals surface area contributed by atoms with Crippen LogP contribution in [0, 0.1) is 0 Å². The molecule has 1 fully saturated rings. The van der Waals surface area contributed by atoms with Gasteiger partial charge in [0.2, 0.25) is 5.76 Å². The Morgan fingerprint density at radius 1 is 0.970 bits per heavy atom. The topological polar surface area (TPSA) is 81.5 Å². The molecule has 2 aromatic carbocycles. The molecule has 1 aromatic heterocycles. The summed E-state index contributed by atoms with van der Waals surface area (Å²) in [6.45, 7) is 4.06. The summed E-state index contributed by atoms with van der Waals surface area (Å²) in [5, 5.41) is 0.450. The molecule has 33 heavy (non-hydrogen) atoms. The highest BCUT2D eigenvalue weighted by molar-refractivity contribution is 5.99. The van der Waals surface area contributed by atoms with Crippen LogP contribution in [-0.4, -0.2) is 69.3 Å². The lowest BCUT2D eigenvalue weighted by Crippen LogP contribution is -2.42. The highest BCUT2D eigenvalue weighted by atomic mass is 16.5. The van der Waals surface area contributed by atoms with Crippen LogP contribution in [0.5, 0.6) is 11.5 Å². The fourth-order valence-corrected chi connectivity index (χ4v) is 4.72. The van der Waals surface area contributed by atoms with Gasteiger partial charge in [0.15, 0.2) is 16.9 Å². The van der Waals surface area contributed by atoms with E-state index in [-0.39, 0.29) is 17.1 Å². The summed E-state index contributed by atoms with van der Waals surface area (Å²) in [5.74, 6) is 0.829. The zero-order valence-electron chi connectivity index (χ0n) is 18.7. The second-order valence-corrected chi connectivity index (χ2v) is 8.11. The Balaban J connectivity index is 1.65. The number of amides is 1. The van der Waals surface area contributed by atoms with Gasteiger partial charge in [-0.3, -0.25) is 14.5 Å². The predicted molar refractivity (Wildman–Crippen MR) is 122 cm³/mol. The zero-order valence-corrected chi connectivity index (χ0v) is 18.7. The Morgan fingerprint density at radius 3 is 2.52 bits per heavy atom. The number of hydrogen-bond acceptors (Lipinski definition) is 7. The molecule has 172 valence electrons. The number of morpholine rings is 1. The van der Waals surface area contributed by atoms with Gasteiger partial charge < -0.3 is 23.5 Å². The lowest BCUT2D eigenvalue weighted by atomic mass is 9.97. The maximum atomic E-state index is 13.6. The second kappa shape index (κ2) is 8.88. The number of carbonyl (C=O) groups is 1. The molecule has 3 heterocycles. The molecule has 0 bridgehead atoms. The van der Waals surface area contributed by atoms with Gasteiger partial charge in [-0.25, -0.2) is 0 Å². The van der Waals surface area contributed by atoms with E-state index in [4.69, 9.17) is 18.6 Å². The summed E-state index contributed by atoms with van der Waals surface area (Å²) in [4.78, 5) is 31.2. The number of carbonyl (C=O) groups excluding carboxylic acids is 1. The molecule has 1 atom stereocenters. The van der Waals surface area contributed by atoms with Crippen LogP contribution in [0.1, 0.15) is 27.7 Å². The number of fused-ring (bicyclic) bond motifs is 2. The maximum Gasteiger partial charge on any atom is 0.290 e. The SMILES string of the molecule is COc1cccc([C@H]2c3c(oc4ccccc4c3=O)C(=O)N2CCN2CCOCC2)c1OC. The van der Waals surface area contributed by atoms with Crippen molar-refractivity contribution in [1.29, 1.82) is 0 Å². The average molecular weight is 450 g/mol. The quantitative estimate of drug-likeness (QED) is 0.571. The number of hydrogen-bond donors (Lipinski definition) is 0. The largest absolute Gasteiger partial charge is 0.493 e. The van der Waals surface area contributed by atoms with E-state index in [1.54, 1.807) is 49.5 Å². The van der Waals surface area contributed by atoms with Crippen LogP contribution >= 0.6 is 0 Å². The maximum absolute atomic E-state index is 13.6. The molecule has 5 rings (SSSR count). The van der Waals surface area contributed by atoms with Gasteiger partial charge in [0.25, 0.3) is 5.91 Å². The molecule has 0 spiro atoms. The molecular weight excluding hydrogens is 424 g/mol. The minimum atomic E-state index is -0.639. The summed E-state index contributed by atoms with van der Waals surface area (Å²) in [6, 6.07) is 11.9. The average Bonchev–Trinajstić information content (AvgIpc) is 3.14. The van der Waals surface area contributed by atoms with Gasteiger partial charge in [-0.2, -0.15) is 0 Å². The summed E-state index contributed by atoms with van der Waals surface area (Å²) < 4.78 is 22.6. The molecule has 8 heteroatoms. The van der Waals surface area contributed by atoms with E-state index in [9.17, 15) is 9.59 Å². The third-order valence-electron chi connectivity index (χ3n) is 6.36. The highest BCUT2D eigenvalue weighted by Crippen LogP contribution is 2.44. The normalized spacial score (nSPS) is 18.5. The fourth-order valence-electron chi connectivity index (χ4n) is 4.72. The molecule has 0 unspecified atom stereocenters. The molecule has 2 aliphatic rings. The summed E-state index contributed by atoms with van der Waals surface area (Å²) in [5.41, 5.74) is 1.23. The number of benzene rings is 2. The van der Waals surface area contributed by atoms with Crippen molar-refractivity contribution in [2.75, 3.05) is 53.6 Å². The Morgan fingerprint density at radius 2 is 1.76 bits per heavy atom. The van der Waals surface area contributed by atoms with E-state index in [2.05, 4.69) is 4.90 Å². The number of methoxy groups -OCH3 is 2. The molecular formula is C25H26N2O6. The van der Waals surface area contributed by atoms with Gasteiger partial charge in [-0.1, -0.05) is 24.3 Å². The van der Waals surface area contributed by atoms with Crippen molar-refractivity contribution in [2.45, 2.75) is 6.04 Å². The predicted octanol–water partition coefficient (Wildman–Crippen LogP) is 2.69. The number of rotatable bonds is 6. The molecule has 0 N–H and O–H groups in total. The third kappa shape index (κ3) is 3.65. The lowest BCUT2D eigenvalue weighted by molar-refractivity contribution is 0.0314. The van der Waals surface area contributed by atoms with Crippen molar-refractivity contribution in [3.05, 3.63) is 69.6 Å². The first-order valence-electron chi connectivity index (χ1n) is 11.0. The first kappa shape index (κ1) is 21.5. The van der Waals surface area contributed by atoms with Crippen LogP contribution in [0.3, 0.4) is 0 Å². The van der Waals surface area contributed by atoms with Crippen molar-refractivity contribution in [2.24, 2.45) is 0 Å². The molecule has 0 saturated carbocycles. The van der Waals surface area contributed by atoms with Crippen molar-refractivity contribution in [1.82, 2.24) is 9.80 Å². The summed E-state index contributed by atoms with van der Waals surface area (Å²) >= 11 is 0. The van der Waals surface area contributed by atoms with Crippen LogP contribution in [0.25, 0.3) is 11.0 Å². The first-order chi connectivity index (χ1) is 16.1. The van der Waals surface area contributed by atoms with Gasteiger partial charge in [0.1, 0.15) is 5.58 Å². The van der Waals surface area contributed by atoms with Gasteiger partial charge in [0, 0.05) is 31.7 Å². The zero-order chi connectivity index (χ0) is 22.9. The Bertz CT molecular complexity index is 1250. The first-order valence-corrected chi connectivity index (χ1v) is 11.0. The molecule has 0 aliphatic carbocycles. The smallest absolute Gasteiger partial charge is 0.290 e. The Labute approximate surface area is 191 Å². The van der Waals surface area contributed by atoms with Gasteiger partial charge in [-0.15, -0.1) is 0 Å². The van der Waals surface area contributed by atoms with Crippen molar-refractivity contribution >= 4 is 16.9 Å². The molecule has 2 aliphatic heterocycles. The van der Waals surface area contributed by atoms with E-state index in [0.717, 1.165) is 13.1 Å². The van der Waals surface area contributed by atoms with Crippen LogP contribution in [-0.2, 0) is 4.74 Å². The van der Waals surface area contributed by atoms with E-state index < -0.39 is 6.04 Å². The van der Waals surface area contributed by atoms with E-state index in [1.165, 1.54) is 0 Å². The fraction of sp³-hybridized carbons (Fsp3) is 0.360. The monoisotopic (exact) mass is 450 g/mol. The van der Waals surface area contributed by atoms with E-state index in [0.29, 0.717) is 59.9 Å². The highest BCUT2D eigenvalue weighted by Gasteiger charge is 2.44. The van der Waals surface area contributed by atoms with E-state index >= 15 is 0 Å². The van der Waals surface area contributed by atoms with Crippen LogP contribution in [0.4, 0.5) is 0 Å². The Hall–Kier alpha value is -3.36. The van der Waals surface area contributed by atoms with Crippen LogP contribution < -0.4 is 14.9 Å². The molecule has 0 radical (unpaired) electrons. The summed E-state index contributed by atoms with van der Waals surface area (Å²) in [6.07, 6.45) is 0. The summed E-state index contributed by atoms with van der Waals surface area (Å²) in [7, 11) is 3.12. The molecule has 3 aromatic rings. The Kier molecular flexibility index (Phi) is 5.78. The second-order valence-electron chi connectivity index (χ2n) is 8.11. The standard InChI is InChI=1S/C25H26N2O6/c1-30-19-9-5-7-17(23(19)31-2)21-20-22(28)16-6-3-4-8-18(16)33-24(20)25(29)27(21)11-10-26-12-14-32-15-13-26/h3-9,21H,10-15H2,1-2H3/t21-/m0/s1. The minimum Gasteiger partial charge on any atom is -0.493 e. The van der Waals surface area contributed by atoms with Crippen LogP contribution in [0.2, 0.25) is 0 Å². The molecule has 8 nitrogen and oxygen atoms in total. The molecule has 1 saturated heterocycles. The molecule has 1 amide bonds. The number of nitrogens with zero attached hydrogens (tertiary/aromatic N) is 2. The lowest BCUT2D eigenvalue weighted by Gasteiger charge is -2.31. The van der Waals surface area contributed by atoms with Gasteiger partial charge in [-0.05, 0) is 18.2 Å².